The van der Waals surface area contributed by atoms with Crippen LogP contribution in [0.4, 0.5) is 0 Å². The molecular formula is C59H111NO5. The highest BCUT2D eigenvalue weighted by Gasteiger charge is 2.20. The lowest BCUT2D eigenvalue weighted by Crippen LogP contribution is -2.45. The molecule has 0 aliphatic carbocycles. The number of nitrogens with one attached hydrogen (secondary N) is 1. The van der Waals surface area contributed by atoms with Crippen LogP contribution in [0, 0.1) is 0 Å². The van der Waals surface area contributed by atoms with Crippen LogP contribution in [-0.4, -0.2) is 47.4 Å². The molecule has 0 radical (unpaired) electrons. The summed E-state index contributed by atoms with van der Waals surface area (Å²) in [5.41, 5.74) is 0. The molecule has 0 aromatic rings. The molecule has 6 heteroatoms. The second-order valence-corrected chi connectivity index (χ2v) is 19.6. The predicted molar refractivity (Wildman–Crippen MR) is 283 cm³/mol. The van der Waals surface area contributed by atoms with E-state index < -0.39 is 12.1 Å². The van der Waals surface area contributed by atoms with Crippen LogP contribution in [0.25, 0.3) is 0 Å². The molecule has 0 saturated heterocycles. The highest BCUT2D eigenvalue weighted by atomic mass is 16.5. The van der Waals surface area contributed by atoms with Gasteiger partial charge < -0.3 is 20.3 Å². The Labute approximate surface area is 404 Å². The number of rotatable bonds is 53. The van der Waals surface area contributed by atoms with Crippen LogP contribution in [0.15, 0.2) is 36.5 Å². The van der Waals surface area contributed by atoms with E-state index >= 15 is 0 Å². The number of hydrogen-bond donors (Lipinski definition) is 3. The van der Waals surface area contributed by atoms with Crippen molar-refractivity contribution >= 4 is 11.9 Å². The van der Waals surface area contributed by atoms with Gasteiger partial charge in [-0.3, -0.25) is 9.59 Å². The summed E-state index contributed by atoms with van der Waals surface area (Å²) in [4.78, 5) is 24.5. The lowest BCUT2D eigenvalue weighted by atomic mass is 10.0. The largest absolute Gasteiger partial charge is 0.466 e. The quantitative estimate of drug-likeness (QED) is 0.0321. The smallest absolute Gasteiger partial charge is 0.305 e. The topological polar surface area (TPSA) is 95.9 Å². The number of ether oxygens (including phenoxy) is 1. The minimum Gasteiger partial charge on any atom is -0.466 e. The Hall–Kier alpha value is -1.92. The summed E-state index contributed by atoms with van der Waals surface area (Å²) in [5.74, 6) is -0.0451. The van der Waals surface area contributed by atoms with Gasteiger partial charge in [-0.15, -0.1) is 0 Å². The van der Waals surface area contributed by atoms with E-state index in [4.69, 9.17) is 4.74 Å². The van der Waals surface area contributed by atoms with E-state index in [0.29, 0.717) is 25.9 Å². The second-order valence-electron chi connectivity index (χ2n) is 19.6. The Kier molecular flexibility index (Phi) is 53.1. The normalized spacial score (nSPS) is 12.9. The third-order valence-electron chi connectivity index (χ3n) is 13.2. The van der Waals surface area contributed by atoms with E-state index in [1.165, 1.54) is 218 Å². The van der Waals surface area contributed by atoms with Gasteiger partial charge in [-0.2, -0.15) is 0 Å². The summed E-state index contributed by atoms with van der Waals surface area (Å²) in [6, 6.07) is -0.545. The average Bonchev–Trinajstić information content (AvgIpc) is 3.31. The van der Waals surface area contributed by atoms with Crippen molar-refractivity contribution in [1.82, 2.24) is 5.32 Å². The van der Waals surface area contributed by atoms with Crippen molar-refractivity contribution in [1.29, 1.82) is 0 Å². The molecule has 0 aliphatic heterocycles. The summed E-state index contributed by atoms with van der Waals surface area (Å²) in [5, 5.41) is 23.1. The minimum absolute atomic E-state index is 0.000492. The molecule has 6 nitrogen and oxygen atoms in total. The molecule has 3 N–H and O–H groups in total. The van der Waals surface area contributed by atoms with Crippen molar-refractivity contribution in [2.24, 2.45) is 0 Å². The number of allylic oxidation sites excluding steroid dienone is 6. The van der Waals surface area contributed by atoms with E-state index in [1.807, 2.05) is 0 Å². The lowest BCUT2D eigenvalue weighted by molar-refractivity contribution is -0.143. The van der Waals surface area contributed by atoms with Gasteiger partial charge in [0.1, 0.15) is 0 Å². The first-order valence-corrected chi connectivity index (χ1v) is 28.7. The molecule has 65 heavy (non-hydrogen) atoms. The first-order valence-electron chi connectivity index (χ1n) is 28.7. The van der Waals surface area contributed by atoms with Gasteiger partial charge in [-0.1, -0.05) is 243 Å². The molecule has 0 spiro atoms. The van der Waals surface area contributed by atoms with Gasteiger partial charge in [-0.25, -0.2) is 0 Å². The summed E-state index contributed by atoms with van der Waals surface area (Å²) in [6.07, 6.45) is 67.2. The number of carbonyl (C=O) groups is 2. The Bertz CT molecular complexity index is 1060. The molecule has 1 amide bonds. The van der Waals surface area contributed by atoms with Crippen molar-refractivity contribution in [3.63, 3.8) is 0 Å². The molecule has 2 atom stereocenters. The maximum atomic E-state index is 12.4. The molecule has 0 heterocycles. The lowest BCUT2D eigenvalue weighted by Gasteiger charge is -2.22. The van der Waals surface area contributed by atoms with Gasteiger partial charge in [0, 0.05) is 12.8 Å². The number of carbonyl (C=O) groups excluding carboxylic acids is 2. The van der Waals surface area contributed by atoms with Gasteiger partial charge in [0.05, 0.1) is 25.4 Å². The molecule has 382 valence electrons. The van der Waals surface area contributed by atoms with E-state index in [-0.39, 0.29) is 18.5 Å². The Morgan fingerprint density at radius 3 is 1.20 bits per heavy atom. The van der Waals surface area contributed by atoms with Crippen molar-refractivity contribution < 1.29 is 24.5 Å². The van der Waals surface area contributed by atoms with Crippen molar-refractivity contribution in [2.45, 2.75) is 315 Å². The van der Waals surface area contributed by atoms with Gasteiger partial charge in [0.15, 0.2) is 0 Å². The highest BCUT2D eigenvalue weighted by Crippen LogP contribution is 2.16. The van der Waals surface area contributed by atoms with Crippen LogP contribution in [0.3, 0.4) is 0 Å². The molecule has 0 saturated carbocycles. The van der Waals surface area contributed by atoms with Crippen LogP contribution in [0.5, 0.6) is 0 Å². The van der Waals surface area contributed by atoms with Gasteiger partial charge in [0.25, 0.3) is 0 Å². The van der Waals surface area contributed by atoms with Crippen molar-refractivity contribution in [3.8, 4) is 0 Å². The summed E-state index contributed by atoms with van der Waals surface area (Å²) >= 11 is 0. The first kappa shape index (κ1) is 63.1. The summed E-state index contributed by atoms with van der Waals surface area (Å²) < 4.78 is 5.48. The summed E-state index contributed by atoms with van der Waals surface area (Å²) in [7, 11) is 0. The number of esters is 1. The van der Waals surface area contributed by atoms with E-state index in [1.54, 1.807) is 0 Å². The standard InChI is InChI=1S/C59H111NO5/c1-3-5-7-9-11-13-14-15-16-17-24-27-30-33-37-41-45-49-53-59(64)65-54-50-46-42-38-34-31-28-25-22-20-18-19-21-23-26-29-32-36-40-44-48-52-58(63)60-56(55-61)57(62)51-47-43-39-35-12-10-8-6-4-2/h13-14,16-17,19,21,56-57,61-62H,3-12,15,18,20,22-55H2,1-2H3,(H,60,63)/b14-13-,17-16-,21-19-. The van der Waals surface area contributed by atoms with Crippen LogP contribution < -0.4 is 5.32 Å². The fraction of sp³-hybridized carbons (Fsp3) is 0.864. The number of amides is 1. The SMILES string of the molecule is CCCCCC/C=C\C/C=C\CCCCCCCCCC(=O)OCCCCCCCCCCCC/C=C\CCCCCCCCCC(=O)NC(CO)C(O)CCCCCCCCCCC. The molecule has 0 bridgehead atoms. The zero-order chi connectivity index (χ0) is 47.2. The molecule has 0 rings (SSSR count). The van der Waals surface area contributed by atoms with E-state index in [9.17, 15) is 19.8 Å². The number of hydrogen-bond acceptors (Lipinski definition) is 5. The fourth-order valence-electron chi connectivity index (χ4n) is 8.72. The molecule has 0 aromatic carbocycles. The number of aliphatic hydroxyl groups is 2. The molecular weight excluding hydrogens is 803 g/mol. The predicted octanol–water partition coefficient (Wildman–Crippen LogP) is 17.6. The Morgan fingerprint density at radius 2 is 0.769 bits per heavy atom. The molecule has 0 aliphatic rings. The van der Waals surface area contributed by atoms with Crippen LogP contribution in [-0.2, 0) is 14.3 Å². The molecule has 0 fully saturated rings. The first-order chi connectivity index (χ1) is 32.0. The van der Waals surface area contributed by atoms with Gasteiger partial charge in [-0.05, 0) is 83.5 Å². The number of aliphatic hydroxyl groups excluding tert-OH is 2. The monoisotopic (exact) mass is 914 g/mol. The summed E-state index contributed by atoms with van der Waals surface area (Å²) in [6.45, 7) is 4.91. The second kappa shape index (κ2) is 54.7. The van der Waals surface area contributed by atoms with Gasteiger partial charge >= 0.3 is 5.97 Å². The highest BCUT2D eigenvalue weighted by molar-refractivity contribution is 5.76. The Morgan fingerprint density at radius 1 is 0.431 bits per heavy atom. The van der Waals surface area contributed by atoms with Crippen LogP contribution in [0.2, 0.25) is 0 Å². The third kappa shape index (κ3) is 51.3. The zero-order valence-corrected chi connectivity index (χ0v) is 43.5. The third-order valence-corrected chi connectivity index (χ3v) is 13.2. The number of unbranched alkanes of at least 4 members (excludes halogenated alkanes) is 36. The fourth-order valence-corrected chi connectivity index (χ4v) is 8.72. The van der Waals surface area contributed by atoms with Crippen molar-refractivity contribution in [3.05, 3.63) is 36.5 Å². The van der Waals surface area contributed by atoms with Gasteiger partial charge in [0.2, 0.25) is 5.91 Å². The molecule has 0 aromatic heterocycles. The Balaban J connectivity index is 3.39. The maximum absolute atomic E-state index is 12.4. The van der Waals surface area contributed by atoms with Crippen LogP contribution >= 0.6 is 0 Å². The zero-order valence-electron chi connectivity index (χ0n) is 43.5. The van der Waals surface area contributed by atoms with E-state index in [0.717, 1.165) is 51.4 Å². The minimum atomic E-state index is -0.667. The van der Waals surface area contributed by atoms with Crippen LogP contribution in [0.1, 0.15) is 303 Å². The molecule has 2 unspecified atom stereocenters. The average molecular weight is 915 g/mol. The maximum Gasteiger partial charge on any atom is 0.305 e. The van der Waals surface area contributed by atoms with Crippen molar-refractivity contribution in [2.75, 3.05) is 13.2 Å². The van der Waals surface area contributed by atoms with E-state index in [2.05, 4.69) is 55.6 Å².